The third kappa shape index (κ3) is 2.09. The Kier molecular flexibility index (Phi) is 2.75. The normalized spacial score (nSPS) is 17.6. The second-order valence-corrected chi connectivity index (χ2v) is 5.82. The number of hydrogen-bond acceptors (Lipinski definition) is 4. The lowest BCUT2D eigenvalue weighted by Gasteiger charge is -2.05. The SMILES string of the molecule is Cn1nc(-c2cccc(OCC3CO3)c2)c2sccc21. The van der Waals surface area contributed by atoms with Gasteiger partial charge in [0.25, 0.3) is 0 Å². The summed E-state index contributed by atoms with van der Waals surface area (Å²) in [6.07, 6.45) is 0.275. The first kappa shape index (κ1) is 11.9. The average molecular weight is 286 g/mol. The monoisotopic (exact) mass is 286 g/mol. The second kappa shape index (κ2) is 4.61. The topological polar surface area (TPSA) is 39.6 Å². The molecule has 3 heterocycles. The Morgan fingerprint density at radius 3 is 3.20 bits per heavy atom. The average Bonchev–Trinajstić information content (AvgIpc) is 3.07. The Morgan fingerprint density at radius 2 is 2.35 bits per heavy atom. The van der Waals surface area contributed by atoms with Gasteiger partial charge in [-0.1, -0.05) is 12.1 Å². The van der Waals surface area contributed by atoms with Crippen LogP contribution >= 0.6 is 11.3 Å². The van der Waals surface area contributed by atoms with Gasteiger partial charge in [-0.3, -0.25) is 4.68 Å². The summed E-state index contributed by atoms with van der Waals surface area (Å²) < 4.78 is 14.0. The molecule has 4 nitrogen and oxygen atoms in total. The van der Waals surface area contributed by atoms with Crippen molar-refractivity contribution in [3.63, 3.8) is 0 Å². The first-order valence-electron chi connectivity index (χ1n) is 6.56. The van der Waals surface area contributed by atoms with Crippen LogP contribution in [0.3, 0.4) is 0 Å². The highest BCUT2D eigenvalue weighted by atomic mass is 32.1. The molecule has 1 aromatic carbocycles. The smallest absolute Gasteiger partial charge is 0.120 e. The van der Waals surface area contributed by atoms with Gasteiger partial charge in [0, 0.05) is 12.6 Å². The van der Waals surface area contributed by atoms with Crippen LogP contribution in [0.25, 0.3) is 21.5 Å². The molecule has 1 unspecified atom stereocenters. The van der Waals surface area contributed by atoms with Gasteiger partial charge in [-0.15, -0.1) is 11.3 Å². The van der Waals surface area contributed by atoms with Gasteiger partial charge in [0.1, 0.15) is 24.2 Å². The van der Waals surface area contributed by atoms with E-state index in [1.54, 1.807) is 11.3 Å². The molecule has 3 aromatic rings. The van der Waals surface area contributed by atoms with E-state index in [-0.39, 0.29) is 6.10 Å². The quantitative estimate of drug-likeness (QED) is 0.692. The summed E-state index contributed by atoms with van der Waals surface area (Å²) in [7, 11) is 1.98. The number of nitrogens with zero attached hydrogens (tertiary/aromatic N) is 2. The van der Waals surface area contributed by atoms with E-state index < -0.39 is 0 Å². The molecular formula is C15H14N2O2S. The minimum absolute atomic E-state index is 0.275. The molecule has 20 heavy (non-hydrogen) atoms. The van der Waals surface area contributed by atoms with E-state index >= 15 is 0 Å². The number of thiophene rings is 1. The van der Waals surface area contributed by atoms with Crippen molar-refractivity contribution in [2.75, 3.05) is 13.2 Å². The first-order valence-corrected chi connectivity index (χ1v) is 7.44. The van der Waals surface area contributed by atoms with Crippen molar-refractivity contribution in [2.45, 2.75) is 6.10 Å². The van der Waals surface area contributed by atoms with Gasteiger partial charge >= 0.3 is 0 Å². The molecule has 0 N–H and O–H groups in total. The fraction of sp³-hybridized carbons (Fsp3) is 0.267. The van der Waals surface area contributed by atoms with E-state index in [0.717, 1.165) is 23.6 Å². The highest BCUT2D eigenvalue weighted by molar-refractivity contribution is 7.17. The minimum atomic E-state index is 0.275. The van der Waals surface area contributed by atoms with Gasteiger partial charge < -0.3 is 9.47 Å². The number of rotatable bonds is 4. The third-order valence-electron chi connectivity index (χ3n) is 3.40. The van der Waals surface area contributed by atoms with Gasteiger partial charge in [0.15, 0.2) is 0 Å². The predicted octanol–water partition coefficient (Wildman–Crippen LogP) is 3.08. The number of hydrogen-bond donors (Lipinski definition) is 0. The Balaban J connectivity index is 1.69. The zero-order valence-electron chi connectivity index (χ0n) is 11.1. The van der Waals surface area contributed by atoms with Gasteiger partial charge in [0.2, 0.25) is 0 Å². The third-order valence-corrected chi connectivity index (χ3v) is 4.31. The molecule has 0 amide bonds. The van der Waals surface area contributed by atoms with E-state index in [9.17, 15) is 0 Å². The number of ether oxygens (including phenoxy) is 2. The Hall–Kier alpha value is -1.85. The Labute approximate surface area is 120 Å². The lowest BCUT2D eigenvalue weighted by atomic mass is 10.1. The molecule has 0 bridgehead atoms. The number of epoxide rings is 1. The van der Waals surface area contributed by atoms with Crippen LogP contribution in [0, 0.1) is 0 Å². The summed E-state index contributed by atoms with van der Waals surface area (Å²) in [4.78, 5) is 0. The molecule has 0 saturated carbocycles. The van der Waals surface area contributed by atoms with E-state index in [1.165, 1.54) is 10.2 Å². The van der Waals surface area contributed by atoms with Gasteiger partial charge in [-0.25, -0.2) is 0 Å². The van der Waals surface area contributed by atoms with E-state index in [2.05, 4.69) is 22.6 Å². The van der Waals surface area contributed by atoms with E-state index in [0.29, 0.717) is 6.61 Å². The molecule has 0 aliphatic carbocycles. The summed E-state index contributed by atoms with van der Waals surface area (Å²) in [6.45, 7) is 1.44. The largest absolute Gasteiger partial charge is 0.491 e. The molecule has 0 radical (unpaired) electrons. The van der Waals surface area contributed by atoms with Crippen molar-refractivity contribution < 1.29 is 9.47 Å². The number of aromatic nitrogens is 2. The molecule has 102 valence electrons. The number of fused-ring (bicyclic) bond motifs is 1. The molecule has 1 fully saturated rings. The summed E-state index contributed by atoms with van der Waals surface area (Å²) in [5, 5.41) is 6.71. The van der Waals surface area contributed by atoms with Crippen LogP contribution in [0.4, 0.5) is 0 Å². The van der Waals surface area contributed by atoms with E-state index in [1.807, 2.05) is 29.9 Å². The van der Waals surface area contributed by atoms with Crippen LogP contribution in [0.5, 0.6) is 5.75 Å². The van der Waals surface area contributed by atoms with Crippen molar-refractivity contribution in [3.05, 3.63) is 35.7 Å². The molecule has 4 rings (SSSR count). The summed E-state index contributed by atoms with van der Waals surface area (Å²) in [6, 6.07) is 10.2. The summed E-state index contributed by atoms with van der Waals surface area (Å²) in [5.41, 5.74) is 3.28. The van der Waals surface area contributed by atoms with Crippen molar-refractivity contribution in [3.8, 4) is 17.0 Å². The van der Waals surface area contributed by atoms with Crippen molar-refractivity contribution >= 4 is 21.6 Å². The number of aryl methyl sites for hydroxylation is 1. The number of benzene rings is 1. The molecule has 1 atom stereocenters. The van der Waals surface area contributed by atoms with Crippen molar-refractivity contribution in [1.29, 1.82) is 0 Å². The van der Waals surface area contributed by atoms with E-state index in [4.69, 9.17) is 9.47 Å². The standard InChI is InChI=1S/C15H14N2O2S/c1-17-13-5-6-20-15(13)14(16-17)10-3-2-4-11(7-10)18-8-12-9-19-12/h2-7,12H,8-9H2,1H3. The fourth-order valence-electron chi connectivity index (χ4n) is 2.26. The van der Waals surface area contributed by atoms with Crippen LogP contribution in [0.1, 0.15) is 0 Å². The molecular weight excluding hydrogens is 272 g/mol. The maximum absolute atomic E-state index is 5.74. The zero-order valence-corrected chi connectivity index (χ0v) is 11.9. The Bertz CT molecular complexity index is 758. The summed E-state index contributed by atoms with van der Waals surface area (Å²) >= 11 is 1.72. The molecule has 5 heteroatoms. The minimum Gasteiger partial charge on any atom is -0.491 e. The maximum atomic E-state index is 5.74. The lowest BCUT2D eigenvalue weighted by Crippen LogP contribution is -2.03. The molecule has 1 saturated heterocycles. The van der Waals surface area contributed by atoms with Gasteiger partial charge in [-0.05, 0) is 23.6 Å². The van der Waals surface area contributed by atoms with Crippen molar-refractivity contribution in [1.82, 2.24) is 9.78 Å². The van der Waals surface area contributed by atoms with Gasteiger partial charge in [0.05, 0.1) is 16.8 Å². The lowest BCUT2D eigenvalue weighted by molar-refractivity contribution is 0.263. The van der Waals surface area contributed by atoms with Crippen LogP contribution in [0.2, 0.25) is 0 Å². The van der Waals surface area contributed by atoms with Crippen LogP contribution < -0.4 is 4.74 Å². The maximum Gasteiger partial charge on any atom is 0.120 e. The predicted molar refractivity (Wildman–Crippen MR) is 79.3 cm³/mol. The highest BCUT2D eigenvalue weighted by Crippen LogP contribution is 2.33. The van der Waals surface area contributed by atoms with Crippen LogP contribution in [-0.2, 0) is 11.8 Å². The molecule has 1 aliphatic heterocycles. The zero-order chi connectivity index (χ0) is 13.5. The first-order chi connectivity index (χ1) is 9.81. The van der Waals surface area contributed by atoms with Crippen LogP contribution in [0.15, 0.2) is 35.7 Å². The molecule has 2 aromatic heterocycles. The fourth-order valence-corrected chi connectivity index (χ4v) is 3.18. The molecule has 0 spiro atoms. The van der Waals surface area contributed by atoms with Crippen molar-refractivity contribution in [2.24, 2.45) is 7.05 Å². The van der Waals surface area contributed by atoms with Gasteiger partial charge in [-0.2, -0.15) is 5.10 Å². The van der Waals surface area contributed by atoms with Crippen LogP contribution in [-0.4, -0.2) is 29.1 Å². The Morgan fingerprint density at radius 1 is 1.45 bits per heavy atom. The second-order valence-electron chi connectivity index (χ2n) is 4.90. The highest BCUT2D eigenvalue weighted by Gasteiger charge is 2.23. The molecule has 1 aliphatic rings. The summed E-state index contributed by atoms with van der Waals surface area (Å²) in [5.74, 6) is 0.869.